The van der Waals surface area contributed by atoms with Gasteiger partial charge in [0.05, 0.1) is 12.8 Å². The Bertz CT molecular complexity index is 237. The van der Waals surface area contributed by atoms with E-state index in [4.69, 9.17) is 5.11 Å². The molecule has 1 aromatic rings. The monoisotopic (exact) mass is 141 g/mol. The molecule has 2 nitrogen and oxygen atoms in total. The van der Waals surface area contributed by atoms with Crippen LogP contribution in [0.2, 0.25) is 0 Å². The third-order valence-electron chi connectivity index (χ3n) is 1.24. The summed E-state index contributed by atoms with van der Waals surface area (Å²) in [4.78, 5) is 3.70. The van der Waals surface area contributed by atoms with Gasteiger partial charge in [-0.25, -0.2) is 4.39 Å². The van der Waals surface area contributed by atoms with Crippen LogP contribution in [-0.2, 0) is 6.61 Å². The van der Waals surface area contributed by atoms with Gasteiger partial charge in [0.25, 0.3) is 0 Å². The fourth-order valence-electron chi connectivity index (χ4n) is 0.721. The fraction of sp³-hybridized carbons (Fsp3) is 0.286. The lowest BCUT2D eigenvalue weighted by Crippen LogP contribution is -1.92. The largest absolute Gasteiger partial charge is 0.392 e. The summed E-state index contributed by atoms with van der Waals surface area (Å²) in [5.74, 6) is -0.451. The molecular formula is C7H8FNO. The van der Waals surface area contributed by atoms with Gasteiger partial charge in [-0.1, -0.05) is 0 Å². The number of rotatable bonds is 1. The van der Waals surface area contributed by atoms with Crippen molar-refractivity contribution in [3.8, 4) is 0 Å². The molecular weight excluding hydrogens is 133 g/mol. The minimum absolute atomic E-state index is 0.269. The SMILES string of the molecule is Cc1cc(CO)c(F)cn1. The summed E-state index contributed by atoms with van der Waals surface area (Å²) in [6, 6.07) is 1.52. The summed E-state index contributed by atoms with van der Waals surface area (Å²) in [5, 5.41) is 8.58. The van der Waals surface area contributed by atoms with E-state index in [1.165, 1.54) is 6.07 Å². The first-order valence-corrected chi connectivity index (χ1v) is 2.96. The smallest absolute Gasteiger partial charge is 0.147 e. The summed E-state index contributed by atoms with van der Waals surface area (Å²) < 4.78 is 12.5. The third-order valence-corrected chi connectivity index (χ3v) is 1.24. The molecule has 0 aliphatic carbocycles. The predicted octanol–water partition coefficient (Wildman–Crippen LogP) is 1.02. The van der Waals surface area contributed by atoms with Crippen LogP contribution in [-0.4, -0.2) is 10.1 Å². The van der Waals surface area contributed by atoms with E-state index in [9.17, 15) is 4.39 Å². The lowest BCUT2D eigenvalue weighted by Gasteiger charge is -1.97. The zero-order valence-corrected chi connectivity index (χ0v) is 5.63. The number of aromatic nitrogens is 1. The average molecular weight is 141 g/mol. The van der Waals surface area contributed by atoms with Gasteiger partial charge in [0.2, 0.25) is 0 Å². The Balaban J connectivity index is 3.09. The van der Waals surface area contributed by atoms with E-state index in [0.29, 0.717) is 11.3 Å². The van der Waals surface area contributed by atoms with Gasteiger partial charge in [-0.3, -0.25) is 4.98 Å². The van der Waals surface area contributed by atoms with Crippen molar-refractivity contribution in [3.63, 3.8) is 0 Å². The summed E-state index contributed by atoms with van der Waals surface area (Å²) in [6.07, 6.45) is 1.11. The van der Waals surface area contributed by atoms with Gasteiger partial charge in [-0.2, -0.15) is 0 Å². The minimum atomic E-state index is -0.451. The Kier molecular flexibility index (Phi) is 1.97. The Hall–Kier alpha value is -0.960. The number of halogens is 1. The van der Waals surface area contributed by atoms with Crippen molar-refractivity contribution in [2.45, 2.75) is 13.5 Å². The molecule has 1 aromatic heterocycles. The number of hydrogen-bond acceptors (Lipinski definition) is 2. The molecule has 0 atom stereocenters. The van der Waals surface area contributed by atoms with Crippen LogP contribution < -0.4 is 0 Å². The van der Waals surface area contributed by atoms with Crippen LogP contribution in [0.3, 0.4) is 0 Å². The van der Waals surface area contributed by atoms with Crippen molar-refractivity contribution < 1.29 is 9.50 Å². The van der Waals surface area contributed by atoms with Crippen LogP contribution in [0.5, 0.6) is 0 Å². The number of pyridine rings is 1. The highest BCUT2D eigenvalue weighted by Crippen LogP contribution is 2.05. The Morgan fingerprint density at radius 3 is 2.90 bits per heavy atom. The first kappa shape index (κ1) is 7.15. The summed E-state index contributed by atoms with van der Waals surface area (Å²) >= 11 is 0. The summed E-state index contributed by atoms with van der Waals surface area (Å²) in [7, 11) is 0. The van der Waals surface area contributed by atoms with Crippen LogP contribution >= 0.6 is 0 Å². The second kappa shape index (κ2) is 2.75. The fourth-order valence-corrected chi connectivity index (χ4v) is 0.721. The molecule has 1 heterocycles. The van der Waals surface area contributed by atoms with Crippen molar-refractivity contribution >= 4 is 0 Å². The van der Waals surface area contributed by atoms with E-state index in [1.54, 1.807) is 6.92 Å². The molecule has 0 bridgehead atoms. The third kappa shape index (κ3) is 1.30. The molecule has 0 saturated carbocycles. The first-order chi connectivity index (χ1) is 4.74. The molecule has 3 heteroatoms. The van der Waals surface area contributed by atoms with Crippen LogP contribution in [0.25, 0.3) is 0 Å². The molecule has 0 aliphatic heterocycles. The Morgan fingerprint density at radius 2 is 2.40 bits per heavy atom. The quantitative estimate of drug-likeness (QED) is 0.633. The van der Waals surface area contributed by atoms with Crippen LogP contribution in [0.15, 0.2) is 12.3 Å². The van der Waals surface area contributed by atoms with Gasteiger partial charge in [0, 0.05) is 11.3 Å². The Morgan fingerprint density at radius 1 is 1.70 bits per heavy atom. The molecule has 0 amide bonds. The lowest BCUT2D eigenvalue weighted by atomic mass is 10.2. The molecule has 0 spiro atoms. The zero-order chi connectivity index (χ0) is 7.56. The van der Waals surface area contributed by atoms with Crippen molar-refractivity contribution in [3.05, 3.63) is 29.3 Å². The summed E-state index contributed by atoms with van der Waals surface area (Å²) in [6.45, 7) is 1.48. The maximum absolute atomic E-state index is 12.5. The number of aliphatic hydroxyl groups is 1. The van der Waals surface area contributed by atoms with Crippen molar-refractivity contribution in [1.82, 2.24) is 4.98 Å². The molecule has 54 valence electrons. The number of aryl methyl sites for hydroxylation is 1. The molecule has 0 aromatic carbocycles. The summed E-state index contributed by atoms with van der Waals surface area (Å²) in [5.41, 5.74) is 1.01. The first-order valence-electron chi connectivity index (χ1n) is 2.96. The van der Waals surface area contributed by atoms with Gasteiger partial charge in [-0.05, 0) is 13.0 Å². The van der Waals surface area contributed by atoms with E-state index in [0.717, 1.165) is 6.20 Å². The number of aliphatic hydroxyl groups excluding tert-OH is 1. The maximum atomic E-state index is 12.5. The molecule has 0 unspecified atom stereocenters. The van der Waals surface area contributed by atoms with Gasteiger partial charge in [-0.15, -0.1) is 0 Å². The lowest BCUT2D eigenvalue weighted by molar-refractivity contribution is 0.275. The highest BCUT2D eigenvalue weighted by molar-refractivity contribution is 5.16. The molecule has 10 heavy (non-hydrogen) atoms. The van der Waals surface area contributed by atoms with E-state index < -0.39 is 5.82 Å². The highest BCUT2D eigenvalue weighted by Gasteiger charge is 1.99. The maximum Gasteiger partial charge on any atom is 0.147 e. The average Bonchev–Trinajstić information content (AvgIpc) is 1.94. The second-order valence-electron chi connectivity index (χ2n) is 2.08. The van der Waals surface area contributed by atoms with E-state index >= 15 is 0 Å². The normalized spacial score (nSPS) is 9.90. The predicted molar refractivity (Wildman–Crippen MR) is 34.9 cm³/mol. The van der Waals surface area contributed by atoms with Crippen LogP contribution in [0.4, 0.5) is 4.39 Å². The molecule has 1 rings (SSSR count). The highest BCUT2D eigenvalue weighted by atomic mass is 19.1. The Labute approximate surface area is 58.3 Å². The zero-order valence-electron chi connectivity index (χ0n) is 5.63. The van der Waals surface area contributed by atoms with Crippen molar-refractivity contribution in [2.75, 3.05) is 0 Å². The standard InChI is InChI=1S/C7H8FNO/c1-5-2-6(4-10)7(8)3-9-5/h2-3,10H,4H2,1H3. The van der Waals surface area contributed by atoms with E-state index in [2.05, 4.69) is 4.98 Å². The topological polar surface area (TPSA) is 33.1 Å². The van der Waals surface area contributed by atoms with Crippen molar-refractivity contribution in [1.29, 1.82) is 0 Å². The minimum Gasteiger partial charge on any atom is -0.392 e. The van der Waals surface area contributed by atoms with E-state index in [-0.39, 0.29) is 6.61 Å². The molecule has 0 aliphatic rings. The van der Waals surface area contributed by atoms with Crippen LogP contribution in [0.1, 0.15) is 11.3 Å². The molecule has 0 radical (unpaired) electrons. The van der Waals surface area contributed by atoms with Gasteiger partial charge in [0.1, 0.15) is 5.82 Å². The van der Waals surface area contributed by atoms with E-state index in [1.807, 2.05) is 0 Å². The molecule has 0 saturated heterocycles. The van der Waals surface area contributed by atoms with Crippen molar-refractivity contribution in [2.24, 2.45) is 0 Å². The van der Waals surface area contributed by atoms with Crippen LogP contribution in [0, 0.1) is 12.7 Å². The number of nitrogens with zero attached hydrogens (tertiary/aromatic N) is 1. The number of hydrogen-bond donors (Lipinski definition) is 1. The van der Waals surface area contributed by atoms with Gasteiger partial charge < -0.3 is 5.11 Å². The van der Waals surface area contributed by atoms with Gasteiger partial charge >= 0.3 is 0 Å². The van der Waals surface area contributed by atoms with Gasteiger partial charge in [0.15, 0.2) is 0 Å². The molecule has 0 fully saturated rings. The second-order valence-corrected chi connectivity index (χ2v) is 2.08. The molecule has 1 N–H and O–H groups in total.